The highest BCUT2D eigenvalue weighted by molar-refractivity contribution is 5.82. The van der Waals surface area contributed by atoms with E-state index in [1.165, 1.54) is 30.2 Å². The molecule has 0 amide bonds. The van der Waals surface area contributed by atoms with Gasteiger partial charge in [-0.15, -0.1) is 0 Å². The number of hydrogen-bond donors (Lipinski definition) is 1. The lowest BCUT2D eigenvalue weighted by molar-refractivity contribution is -0.00881. The van der Waals surface area contributed by atoms with Crippen LogP contribution in [0.5, 0.6) is 0 Å². The molecule has 0 atom stereocenters. The number of ether oxygens (including phenoxy) is 1. The molecule has 1 aromatic carbocycles. The van der Waals surface area contributed by atoms with Gasteiger partial charge in [0.15, 0.2) is 0 Å². The lowest BCUT2D eigenvalue weighted by Crippen LogP contribution is -2.21. The Balaban J connectivity index is 1.78. The summed E-state index contributed by atoms with van der Waals surface area (Å²) in [7, 11) is 0. The summed E-state index contributed by atoms with van der Waals surface area (Å²) >= 11 is 0. The van der Waals surface area contributed by atoms with Gasteiger partial charge in [0, 0.05) is 10.9 Å². The number of nitrogens with one attached hydrogen (secondary N) is 1. The summed E-state index contributed by atoms with van der Waals surface area (Å²) in [6, 6.07) is 8.24. The van der Waals surface area contributed by atoms with Crippen molar-refractivity contribution in [3.05, 3.63) is 35.6 Å². The third-order valence-electron chi connectivity index (χ3n) is 4.01. The first-order chi connectivity index (χ1) is 9.88. The molecule has 1 N–H and O–H groups in total. The van der Waals surface area contributed by atoms with Crippen LogP contribution in [0.4, 0.5) is 0 Å². The molecule has 1 aromatic heterocycles. The van der Waals surface area contributed by atoms with Gasteiger partial charge in [0.2, 0.25) is 0 Å². The number of furan rings is 1. The highest BCUT2D eigenvalue weighted by Crippen LogP contribution is 2.29. The van der Waals surface area contributed by atoms with Gasteiger partial charge in [0.1, 0.15) is 11.3 Å². The van der Waals surface area contributed by atoms with Crippen molar-refractivity contribution >= 4 is 11.0 Å². The van der Waals surface area contributed by atoms with Crippen LogP contribution < -0.4 is 5.32 Å². The van der Waals surface area contributed by atoms with E-state index < -0.39 is 0 Å². The molecule has 0 aliphatic heterocycles. The molecule has 3 heteroatoms. The van der Waals surface area contributed by atoms with Crippen LogP contribution in [0, 0.1) is 0 Å². The van der Waals surface area contributed by atoms with Gasteiger partial charge in [-0.25, -0.2) is 0 Å². The second-order valence-electron chi connectivity index (χ2n) is 5.54. The van der Waals surface area contributed by atoms with Gasteiger partial charge in [0.05, 0.1) is 19.3 Å². The summed E-state index contributed by atoms with van der Waals surface area (Å²) in [4.78, 5) is 0. The highest BCUT2D eigenvalue weighted by Gasteiger charge is 2.20. The predicted molar refractivity (Wildman–Crippen MR) is 80.6 cm³/mol. The molecule has 3 rings (SSSR count). The number of benzene rings is 1. The zero-order chi connectivity index (χ0) is 13.8. The van der Waals surface area contributed by atoms with Crippen LogP contribution >= 0.6 is 0 Å². The van der Waals surface area contributed by atoms with Crippen molar-refractivity contribution in [3.63, 3.8) is 0 Å². The molecule has 1 aliphatic rings. The second-order valence-corrected chi connectivity index (χ2v) is 5.54. The summed E-state index contributed by atoms with van der Waals surface area (Å²) < 4.78 is 12.0. The van der Waals surface area contributed by atoms with Gasteiger partial charge in [-0.05, 0) is 38.3 Å². The molecule has 0 saturated heterocycles. The first-order valence-corrected chi connectivity index (χ1v) is 7.70. The molecule has 1 saturated carbocycles. The lowest BCUT2D eigenvalue weighted by Gasteiger charge is -2.25. The van der Waals surface area contributed by atoms with Crippen LogP contribution in [0.2, 0.25) is 0 Å². The molecule has 2 aromatic rings. The van der Waals surface area contributed by atoms with Crippen LogP contribution in [0.3, 0.4) is 0 Å². The summed E-state index contributed by atoms with van der Waals surface area (Å²) in [6.07, 6.45) is 5.31. The Bertz CT molecular complexity index is 557. The van der Waals surface area contributed by atoms with Crippen LogP contribution in [0.1, 0.15) is 43.9 Å². The quantitative estimate of drug-likeness (QED) is 0.774. The third-order valence-corrected chi connectivity index (χ3v) is 4.01. The molecule has 0 radical (unpaired) electrons. The molecule has 20 heavy (non-hydrogen) atoms. The number of para-hydroxylation sites is 1. The molecule has 3 nitrogen and oxygen atoms in total. The molecule has 0 spiro atoms. The Labute approximate surface area is 120 Å². The van der Waals surface area contributed by atoms with Crippen LogP contribution in [0.25, 0.3) is 11.0 Å². The minimum Gasteiger partial charge on any atom is -0.459 e. The molecule has 1 fully saturated rings. The maximum absolute atomic E-state index is 5.99. The average molecular weight is 273 g/mol. The van der Waals surface area contributed by atoms with Crippen molar-refractivity contribution < 1.29 is 9.15 Å². The molecule has 1 heterocycles. The van der Waals surface area contributed by atoms with E-state index in [9.17, 15) is 0 Å². The van der Waals surface area contributed by atoms with E-state index in [-0.39, 0.29) is 0 Å². The van der Waals surface area contributed by atoms with Gasteiger partial charge < -0.3 is 14.5 Å². The van der Waals surface area contributed by atoms with Crippen molar-refractivity contribution in [2.24, 2.45) is 0 Å². The number of fused-ring (bicyclic) bond motifs is 1. The zero-order valence-corrected chi connectivity index (χ0v) is 12.2. The molecule has 0 bridgehead atoms. The Morgan fingerprint density at radius 3 is 2.90 bits per heavy atom. The maximum Gasteiger partial charge on any atom is 0.134 e. The molecular weight excluding hydrogens is 250 g/mol. The Morgan fingerprint density at radius 1 is 1.30 bits per heavy atom. The van der Waals surface area contributed by atoms with E-state index >= 15 is 0 Å². The van der Waals surface area contributed by atoms with Crippen molar-refractivity contribution in [1.82, 2.24) is 5.32 Å². The summed E-state index contributed by atoms with van der Waals surface area (Å²) in [6.45, 7) is 4.64. The predicted octanol–water partition coefficient (Wildman–Crippen LogP) is 4.00. The summed E-state index contributed by atoms with van der Waals surface area (Å²) in [5, 5.41) is 4.61. The van der Waals surface area contributed by atoms with Crippen molar-refractivity contribution in [2.75, 3.05) is 6.54 Å². The van der Waals surface area contributed by atoms with Crippen molar-refractivity contribution in [1.29, 1.82) is 0 Å². The van der Waals surface area contributed by atoms with Crippen molar-refractivity contribution in [3.8, 4) is 0 Å². The molecular formula is C17H23NO2. The minimum atomic E-state index is 0.458. The molecule has 108 valence electrons. The Hall–Kier alpha value is -1.32. The second kappa shape index (κ2) is 6.42. The summed E-state index contributed by atoms with van der Waals surface area (Å²) in [5.74, 6) is 1.03. The van der Waals surface area contributed by atoms with Gasteiger partial charge in [-0.3, -0.25) is 0 Å². The van der Waals surface area contributed by atoms with Crippen LogP contribution in [0.15, 0.2) is 28.7 Å². The third kappa shape index (κ3) is 2.89. The smallest absolute Gasteiger partial charge is 0.134 e. The van der Waals surface area contributed by atoms with E-state index in [2.05, 4.69) is 24.4 Å². The Kier molecular flexibility index (Phi) is 4.38. The van der Waals surface area contributed by atoms with E-state index in [1.54, 1.807) is 0 Å². The zero-order valence-electron chi connectivity index (χ0n) is 12.2. The van der Waals surface area contributed by atoms with Crippen LogP contribution in [-0.2, 0) is 17.9 Å². The van der Waals surface area contributed by atoms with Crippen molar-refractivity contribution in [2.45, 2.75) is 51.9 Å². The first kappa shape index (κ1) is 13.7. The van der Waals surface area contributed by atoms with Gasteiger partial charge in [-0.2, -0.15) is 0 Å². The fourth-order valence-electron chi connectivity index (χ4n) is 2.57. The fraction of sp³-hybridized carbons (Fsp3) is 0.529. The van der Waals surface area contributed by atoms with Gasteiger partial charge in [-0.1, -0.05) is 25.1 Å². The van der Waals surface area contributed by atoms with E-state index in [0.717, 1.165) is 30.9 Å². The first-order valence-electron chi connectivity index (χ1n) is 7.70. The van der Waals surface area contributed by atoms with E-state index in [0.29, 0.717) is 12.7 Å². The fourth-order valence-corrected chi connectivity index (χ4v) is 2.57. The number of hydrogen-bond acceptors (Lipinski definition) is 3. The van der Waals surface area contributed by atoms with Gasteiger partial charge >= 0.3 is 0 Å². The van der Waals surface area contributed by atoms with E-state index in [4.69, 9.17) is 9.15 Å². The average Bonchev–Trinajstić information content (AvgIpc) is 2.76. The normalized spacial score (nSPS) is 15.7. The monoisotopic (exact) mass is 273 g/mol. The molecule has 1 aliphatic carbocycles. The lowest BCUT2D eigenvalue weighted by atomic mass is 9.96. The highest BCUT2D eigenvalue weighted by atomic mass is 16.5. The standard InChI is InChI=1S/C17H23NO2/c1-2-10-18-11-17-15(12-19-13-6-5-7-13)14-8-3-4-9-16(14)20-17/h3-4,8-9,13,18H,2,5-7,10-12H2,1H3. The largest absolute Gasteiger partial charge is 0.459 e. The SMILES string of the molecule is CCCNCc1oc2ccccc2c1COC1CCC1. The molecule has 0 unspecified atom stereocenters. The summed E-state index contributed by atoms with van der Waals surface area (Å²) in [5.41, 5.74) is 2.18. The topological polar surface area (TPSA) is 34.4 Å². The Morgan fingerprint density at radius 2 is 2.15 bits per heavy atom. The number of rotatable bonds is 7. The van der Waals surface area contributed by atoms with E-state index in [1.807, 2.05) is 12.1 Å². The van der Waals surface area contributed by atoms with Crippen LogP contribution in [-0.4, -0.2) is 12.6 Å². The maximum atomic E-state index is 5.99. The van der Waals surface area contributed by atoms with Gasteiger partial charge in [0.25, 0.3) is 0 Å². The minimum absolute atomic E-state index is 0.458.